The summed E-state index contributed by atoms with van der Waals surface area (Å²) in [7, 11) is -3.75. The van der Waals surface area contributed by atoms with Gasteiger partial charge in [-0.3, -0.25) is 4.72 Å². The number of nitrogens with one attached hydrogen (secondary N) is 1. The van der Waals surface area contributed by atoms with Gasteiger partial charge in [0.25, 0.3) is 10.0 Å². The summed E-state index contributed by atoms with van der Waals surface area (Å²) in [6, 6.07) is 11.3. The monoisotopic (exact) mass is 344 g/mol. The van der Waals surface area contributed by atoms with Crippen LogP contribution in [0.1, 0.15) is 5.56 Å². The molecule has 2 rings (SSSR count). The van der Waals surface area contributed by atoms with Crippen molar-refractivity contribution in [3.8, 4) is 0 Å². The van der Waals surface area contributed by atoms with E-state index in [2.05, 4.69) is 4.72 Å². The topological polar surface area (TPSA) is 72.2 Å². The van der Waals surface area contributed by atoms with Crippen molar-refractivity contribution in [1.82, 2.24) is 0 Å². The van der Waals surface area contributed by atoms with Crippen LogP contribution >= 0.6 is 23.2 Å². The Hall–Kier alpha value is -1.27. The fourth-order valence-electron chi connectivity index (χ4n) is 1.81. The molecule has 0 bridgehead atoms. The molecule has 0 aliphatic carbocycles. The van der Waals surface area contributed by atoms with E-state index in [4.69, 9.17) is 28.9 Å². The predicted octanol–water partition coefficient (Wildman–Crippen LogP) is 3.30. The van der Waals surface area contributed by atoms with Crippen LogP contribution in [0.15, 0.2) is 47.4 Å². The Kier molecular flexibility index (Phi) is 5.11. The second kappa shape index (κ2) is 6.66. The van der Waals surface area contributed by atoms with Crippen molar-refractivity contribution in [2.75, 3.05) is 11.3 Å². The quantitative estimate of drug-likeness (QED) is 0.873. The highest BCUT2D eigenvalue weighted by Gasteiger charge is 2.18. The summed E-state index contributed by atoms with van der Waals surface area (Å²) in [5.74, 6) is 0. The number of benzene rings is 2. The molecule has 2 aromatic carbocycles. The molecule has 0 fully saturated rings. The standard InChI is InChI=1S/C14H14Cl2N2O2S/c15-11-3-6-14(13(16)9-11)21(19,20)18-12-4-1-10(2-5-12)7-8-17/h1-6,9,18H,7-8,17H2. The number of hydrogen-bond acceptors (Lipinski definition) is 3. The van der Waals surface area contributed by atoms with E-state index in [1.165, 1.54) is 18.2 Å². The van der Waals surface area contributed by atoms with E-state index < -0.39 is 10.0 Å². The zero-order chi connectivity index (χ0) is 15.5. The van der Waals surface area contributed by atoms with Gasteiger partial charge in [0.1, 0.15) is 4.90 Å². The third-order valence-corrected chi connectivity index (χ3v) is 4.92. The lowest BCUT2D eigenvalue weighted by atomic mass is 10.1. The first-order valence-corrected chi connectivity index (χ1v) is 8.43. The van der Waals surface area contributed by atoms with Crippen LogP contribution in [0.3, 0.4) is 0 Å². The molecule has 0 aromatic heterocycles. The van der Waals surface area contributed by atoms with Crippen LogP contribution in [-0.4, -0.2) is 15.0 Å². The van der Waals surface area contributed by atoms with Crippen LogP contribution in [0.5, 0.6) is 0 Å². The average Bonchev–Trinajstić information content (AvgIpc) is 2.40. The first-order valence-electron chi connectivity index (χ1n) is 6.19. The van der Waals surface area contributed by atoms with Crippen molar-refractivity contribution in [3.63, 3.8) is 0 Å². The van der Waals surface area contributed by atoms with E-state index in [1.54, 1.807) is 12.1 Å². The maximum absolute atomic E-state index is 12.3. The molecule has 0 aliphatic rings. The fourth-order valence-corrected chi connectivity index (χ4v) is 3.64. The van der Waals surface area contributed by atoms with Crippen molar-refractivity contribution < 1.29 is 8.42 Å². The minimum Gasteiger partial charge on any atom is -0.330 e. The second-order valence-corrected chi connectivity index (χ2v) is 6.91. The minimum absolute atomic E-state index is 0.0143. The molecule has 0 spiro atoms. The normalized spacial score (nSPS) is 11.4. The largest absolute Gasteiger partial charge is 0.330 e. The summed E-state index contributed by atoms with van der Waals surface area (Å²) in [6.07, 6.45) is 0.746. The third kappa shape index (κ3) is 4.11. The number of sulfonamides is 1. The SMILES string of the molecule is NCCc1ccc(NS(=O)(=O)c2ccc(Cl)cc2Cl)cc1. The molecule has 3 N–H and O–H groups in total. The maximum Gasteiger partial charge on any atom is 0.263 e. The summed E-state index contributed by atoms with van der Waals surface area (Å²) in [6.45, 7) is 0.547. The molecule has 0 unspecified atom stereocenters. The Bertz CT molecular complexity index is 731. The highest BCUT2D eigenvalue weighted by Crippen LogP contribution is 2.26. The van der Waals surface area contributed by atoms with Gasteiger partial charge in [0.05, 0.1) is 5.02 Å². The molecule has 7 heteroatoms. The Balaban J connectivity index is 2.24. The second-order valence-electron chi connectivity index (χ2n) is 4.42. The lowest BCUT2D eigenvalue weighted by molar-refractivity contribution is 0.601. The zero-order valence-corrected chi connectivity index (χ0v) is 13.3. The van der Waals surface area contributed by atoms with Gasteiger partial charge in [-0.15, -0.1) is 0 Å². The number of hydrogen-bond donors (Lipinski definition) is 2. The predicted molar refractivity (Wildman–Crippen MR) is 86.5 cm³/mol. The van der Waals surface area contributed by atoms with E-state index in [-0.39, 0.29) is 9.92 Å². The van der Waals surface area contributed by atoms with Crippen LogP contribution in [0.25, 0.3) is 0 Å². The number of halogens is 2. The van der Waals surface area contributed by atoms with Gasteiger partial charge >= 0.3 is 0 Å². The van der Waals surface area contributed by atoms with Crippen LogP contribution in [0, 0.1) is 0 Å². The van der Waals surface area contributed by atoms with Gasteiger partial charge in [-0.25, -0.2) is 8.42 Å². The molecule has 0 aliphatic heterocycles. The maximum atomic E-state index is 12.3. The van der Waals surface area contributed by atoms with Crippen molar-refractivity contribution in [2.45, 2.75) is 11.3 Å². The lowest BCUT2D eigenvalue weighted by Crippen LogP contribution is -2.13. The van der Waals surface area contributed by atoms with E-state index in [1.807, 2.05) is 12.1 Å². The van der Waals surface area contributed by atoms with Gasteiger partial charge in [-0.1, -0.05) is 35.3 Å². The summed E-state index contributed by atoms with van der Waals surface area (Å²) in [5, 5.41) is 0.458. The molecule has 0 saturated carbocycles. The van der Waals surface area contributed by atoms with Crippen molar-refractivity contribution in [3.05, 3.63) is 58.1 Å². The first-order chi connectivity index (χ1) is 9.92. The molecule has 0 saturated heterocycles. The van der Waals surface area contributed by atoms with Crippen LogP contribution in [0.2, 0.25) is 10.0 Å². The third-order valence-electron chi connectivity index (χ3n) is 2.82. The molecule has 0 atom stereocenters. The van der Waals surface area contributed by atoms with Crippen LogP contribution in [-0.2, 0) is 16.4 Å². The van der Waals surface area contributed by atoms with Gasteiger partial charge in [0, 0.05) is 10.7 Å². The highest BCUT2D eigenvalue weighted by molar-refractivity contribution is 7.92. The lowest BCUT2D eigenvalue weighted by Gasteiger charge is -2.10. The van der Waals surface area contributed by atoms with Gasteiger partial charge in [0.2, 0.25) is 0 Å². The Morgan fingerprint density at radius 1 is 1.05 bits per heavy atom. The molecular weight excluding hydrogens is 331 g/mol. The van der Waals surface area contributed by atoms with E-state index in [9.17, 15) is 8.42 Å². The molecule has 2 aromatic rings. The van der Waals surface area contributed by atoms with Crippen molar-refractivity contribution in [2.24, 2.45) is 5.73 Å². The summed E-state index contributed by atoms with van der Waals surface area (Å²) in [5.41, 5.74) is 6.97. The highest BCUT2D eigenvalue weighted by atomic mass is 35.5. The van der Waals surface area contributed by atoms with Crippen molar-refractivity contribution in [1.29, 1.82) is 0 Å². The summed E-state index contributed by atoms with van der Waals surface area (Å²) < 4.78 is 27.0. The smallest absolute Gasteiger partial charge is 0.263 e. The van der Waals surface area contributed by atoms with Crippen LogP contribution in [0.4, 0.5) is 5.69 Å². The number of nitrogens with two attached hydrogens (primary N) is 1. The van der Waals surface area contributed by atoms with Gasteiger partial charge in [-0.05, 0) is 48.9 Å². The van der Waals surface area contributed by atoms with Gasteiger partial charge < -0.3 is 5.73 Å². The molecule has 4 nitrogen and oxygen atoms in total. The zero-order valence-electron chi connectivity index (χ0n) is 11.0. The minimum atomic E-state index is -3.75. The Morgan fingerprint density at radius 3 is 2.29 bits per heavy atom. The van der Waals surface area contributed by atoms with E-state index >= 15 is 0 Å². The summed E-state index contributed by atoms with van der Waals surface area (Å²) in [4.78, 5) is -0.0143. The summed E-state index contributed by atoms with van der Waals surface area (Å²) >= 11 is 11.7. The molecule has 0 radical (unpaired) electrons. The molecule has 112 valence electrons. The molecule has 0 amide bonds. The molecular formula is C14H14Cl2N2O2S. The number of rotatable bonds is 5. The van der Waals surface area contributed by atoms with E-state index in [0.717, 1.165) is 12.0 Å². The average molecular weight is 345 g/mol. The van der Waals surface area contributed by atoms with Crippen molar-refractivity contribution >= 4 is 38.9 Å². The Labute approximate surface area is 133 Å². The molecule has 21 heavy (non-hydrogen) atoms. The molecule has 0 heterocycles. The fraction of sp³-hybridized carbons (Fsp3) is 0.143. The Morgan fingerprint density at radius 2 is 1.71 bits per heavy atom. The first kappa shape index (κ1) is 16.1. The van der Waals surface area contributed by atoms with Gasteiger partial charge in [0.15, 0.2) is 0 Å². The van der Waals surface area contributed by atoms with E-state index in [0.29, 0.717) is 17.3 Å². The van der Waals surface area contributed by atoms with Gasteiger partial charge in [-0.2, -0.15) is 0 Å². The number of anilines is 1. The van der Waals surface area contributed by atoms with Crippen LogP contribution < -0.4 is 10.5 Å².